The lowest BCUT2D eigenvalue weighted by Gasteiger charge is -2.33. The van der Waals surface area contributed by atoms with Gasteiger partial charge in [0, 0.05) is 36.3 Å². The van der Waals surface area contributed by atoms with Crippen LogP contribution in [-0.2, 0) is 7.05 Å². The number of hydrogen-bond acceptors (Lipinski definition) is 2. The van der Waals surface area contributed by atoms with Crippen LogP contribution in [0.15, 0.2) is 96.7 Å². The lowest BCUT2D eigenvalue weighted by molar-refractivity contribution is 0.132. The molecule has 4 rings (SSSR count). The normalized spacial score (nSPS) is 12.7. The fourth-order valence-corrected chi connectivity index (χ4v) is 4.47. The summed E-state index contributed by atoms with van der Waals surface area (Å²) in [5.74, 6) is 0.813. The topological polar surface area (TPSA) is 34.5 Å². The molecule has 4 nitrogen and oxygen atoms in total. The summed E-state index contributed by atoms with van der Waals surface area (Å²) >= 11 is 0. The Morgan fingerprint density at radius 3 is 2.24 bits per heavy atom. The van der Waals surface area contributed by atoms with Crippen LogP contribution in [-0.4, -0.2) is 22.1 Å². The minimum Gasteiger partial charge on any atom is -0.410 e. The lowest BCUT2D eigenvalue weighted by atomic mass is 9.95. The number of para-hydroxylation sites is 2. The molecule has 1 atom stereocenters. The van der Waals surface area contributed by atoms with Crippen LogP contribution in [0.25, 0.3) is 17.0 Å². The third kappa shape index (κ3) is 5.23. The maximum absolute atomic E-state index is 13.6. The molecular formula is C30H32N2O2. The monoisotopic (exact) mass is 452 g/mol. The first-order valence-corrected chi connectivity index (χ1v) is 11.7. The molecule has 174 valence electrons. The number of benzene rings is 3. The summed E-state index contributed by atoms with van der Waals surface area (Å²) in [4.78, 5) is 15.5. The summed E-state index contributed by atoms with van der Waals surface area (Å²) < 4.78 is 7.98. The summed E-state index contributed by atoms with van der Waals surface area (Å²) in [5.41, 5.74) is 4.41. The van der Waals surface area contributed by atoms with Gasteiger partial charge in [-0.1, -0.05) is 86.7 Å². The standard InChI is InChI=1S/C30H32N2O2/c1-22(2)20-32(30(33)34-25-15-9-6-10-16-25)29(23(3)19-24-13-7-5-8-14-24)27-21-31(4)28-18-12-11-17-26(27)28/h5-19,21-22,29H,20H2,1-4H3/b23-19+. The van der Waals surface area contributed by atoms with Gasteiger partial charge in [0.2, 0.25) is 0 Å². The van der Waals surface area contributed by atoms with E-state index in [1.54, 1.807) is 0 Å². The number of carbonyl (C=O) groups excluding carboxylic acids is 1. The van der Waals surface area contributed by atoms with Crippen LogP contribution in [0.2, 0.25) is 0 Å². The zero-order chi connectivity index (χ0) is 24.1. The number of rotatable bonds is 7. The molecule has 4 aromatic rings. The van der Waals surface area contributed by atoms with E-state index in [0.29, 0.717) is 12.3 Å². The number of fused-ring (bicyclic) bond motifs is 1. The Morgan fingerprint density at radius 2 is 1.56 bits per heavy atom. The largest absolute Gasteiger partial charge is 0.416 e. The zero-order valence-electron chi connectivity index (χ0n) is 20.3. The molecule has 0 N–H and O–H groups in total. The molecule has 1 amide bonds. The van der Waals surface area contributed by atoms with Gasteiger partial charge >= 0.3 is 6.09 Å². The predicted octanol–water partition coefficient (Wildman–Crippen LogP) is 7.48. The number of aromatic nitrogens is 1. The molecule has 0 aliphatic heterocycles. The summed E-state index contributed by atoms with van der Waals surface area (Å²) in [6, 6.07) is 27.6. The number of amides is 1. The highest BCUT2D eigenvalue weighted by Crippen LogP contribution is 2.36. The number of ether oxygens (including phenoxy) is 1. The fraction of sp³-hybridized carbons (Fsp3) is 0.233. The molecule has 0 saturated heterocycles. The molecule has 1 aromatic heterocycles. The van der Waals surface area contributed by atoms with Crippen molar-refractivity contribution in [3.63, 3.8) is 0 Å². The molecule has 0 spiro atoms. The average molecular weight is 453 g/mol. The highest BCUT2D eigenvalue weighted by Gasteiger charge is 2.31. The quantitative estimate of drug-likeness (QED) is 0.291. The Bertz CT molecular complexity index is 1270. The van der Waals surface area contributed by atoms with Gasteiger partial charge in [-0.25, -0.2) is 4.79 Å². The smallest absolute Gasteiger partial charge is 0.410 e. The van der Waals surface area contributed by atoms with Gasteiger partial charge in [-0.3, -0.25) is 4.90 Å². The van der Waals surface area contributed by atoms with E-state index >= 15 is 0 Å². The molecule has 0 fully saturated rings. The van der Waals surface area contributed by atoms with Crippen LogP contribution >= 0.6 is 0 Å². The average Bonchev–Trinajstić information content (AvgIpc) is 3.16. The van der Waals surface area contributed by atoms with E-state index in [-0.39, 0.29) is 18.1 Å². The van der Waals surface area contributed by atoms with Crippen LogP contribution in [0.4, 0.5) is 4.79 Å². The van der Waals surface area contributed by atoms with E-state index in [1.165, 1.54) is 0 Å². The van der Waals surface area contributed by atoms with Gasteiger partial charge in [0.05, 0.1) is 6.04 Å². The summed E-state index contributed by atoms with van der Waals surface area (Å²) in [5, 5.41) is 1.14. The Morgan fingerprint density at radius 1 is 0.941 bits per heavy atom. The van der Waals surface area contributed by atoms with Gasteiger partial charge in [0.15, 0.2) is 0 Å². The van der Waals surface area contributed by atoms with E-state index in [2.05, 4.69) is 61.9 Å². The van der Waals surface area contributed by atoms with E-state index in [9.17, 15) is 4.79 Å². The van der Waals surface area contributed by atoms with Gasteiger partial charge in [0.1, 0.15) is 5.75 Å². The van der Waals surface area contributed by atoms with Crippen molar-refractivity contribution in [3.8, 4) is 5.75 Å². The van der Waals surface area contributed by atoms with Crippen molar-refractivity contribution in [2.24, 2.45) is 13.0 Å². The fourth-order valence-electron chi connectivity index (χ4n) is 4.47. The van der Waals surface area contributed by atoms with Crippen LogP contribution < -0.4 is 4.74 Å². The Hall–Kier alpha value is -3.79. The molecule has 0 saturated carbocycles. The molecule has 0 aliphatic rings. The summed E-state index contributed by atoms with van der Waals surface area (Å²) in [6.45, 7) is 6.92. The maximum Gasteiger partial charge on any atom is 0.416 e. The SMILES string of the molecule is C/C(=C\c1ccccc1)C(c1cn(C)c2ccccc12)N(CC(C)C)C(=O)Oc1ccccc1. The number of hydrogen-bond donors (Lipinski definition) is 0. The maximum atomic E-state index is 13.6. The first-order chi connectivity index (χ1) is 16.4. The first-order valence-electron chi connectivity index (χ1n) is 11.7. The molecule has 3 aromatic carbocycles. The minimum absolute atomic E-state index is 0.269. The molecule has 0 bridgehead atoms. The van der Waals surface area contributed by atoms with Crippen LogP contribution in [0.5, 0.6) is 5.75 Å². The molecule has 4 heteroatoms. The number of aryl methyl sites for hydroxylation is 1. The van der Waals surface area contributed by atoms with E-state index in [1.807, 2.05) is 72.6 Å². The van der Waals surface area contributed by atoms with Crippen molar-refractivity contribution in [2.75, 3.05) is 6.54 Å². The van der Waals surface area contributed by atoms with Crippen molar-refractivity contribution in [2.45, 2.75) is 26.8 Å². The highest BCUT2D eigenvalue weighted by atomic mass is 16.6. The molecule has 0 aliphatic carbocycles. The van der Waals surface area contributed by atoms with Crippen molar-refractivity contribution >= 4 is 23.1 Å². The first kappa shape index (κ1) is 23.4. The predicted molar refractivity (Wildman–Crippen MR) is 140 cm³/mol. The second-order valence-electron chi connectivity index (χ2n) is 9.14. The van der Waals surface area contributed by atoms with Crippen molar-refractivity contribution in [1.29, 1.82) is 0 Å². The Kier molecular flexibility index (Phi) is 7.17. The van der Waals surface area contributed by atoms with Crippen molar-refractivity contribution in [3.05, 3.63) is 108 Å². The van der Waals surface area contributed by atoms with Gasteiger partial charge < -0.3 is 9.30 Å². The Balaban J connectivity index is 1.84. The molecule has 1 heterocycles. The van der Waals surface area contributed by atoms with Crippen molar-refractivity contribution < 1.29 is 9.53 Å². The molecule has 0 radical (unpaired) electrons. The van der Waals surface area contributed by atoms with E-state index in [0.717, 1.165) is 27.6 Å². The van der Waals surface area contributed by atoms with Crippen LogP contribution in [0.3, 0.4) is 0 Å². The minimum atomic E-state index is -0.348. The molecule has 1 unspecified atom stereocenters. The van der Waals surface area contributed by atoms with E-state index < -0.39 is 0 Å². The van der Waals surface area contributed by atoms with E-state index in [4.69, 9.17) is 4.74 Å². The number of carbonyl (C=O) groups is 1. The summed E-state index contributed by atoms with van der Waals surface area (Å²) in [6.07, 6.45) is 3.95. The van der Waals surface area contributed by atoms with Gasteiger partial charge in [-0.15, -0.1) is 0 Å². The molecular weight excluding hydrogens is 420 g/mol. The zero-order valence-corrected chi connectivity index (χ0v) is 20.3. The summed E-state index contributed by atoms with van der Waals surface area (Å²) in [7, 11) is 2.05. The third-order valence-corrected chi connectivity index (χ3v) is 5.90. The van der Waals surface area contributed by atoms with Crippen molar-refractivity contribution in [1.82, 2.24) is 9.47 Å². The van der Waals surface area contributed by atoms with Gasteiger partial charge in [-0.2, -0.15) is 0 Å². The third-order valence-electron chi connectivity index (χ3n) is 5.90. The van der Waals surface area contributed by atoms with Crippen LogP contribution in [0, 0.1) is 5.92 Å². The molecule has 34 heavy (non-hydrogen) atoms. The van der Waals surface area contributed by atoms with Crippen LogP contribution in [0.1, 0.15) is 37.9 Å². The van der Waals surface area contributed by atoms with Gasteiger partial charge in [0.25, 0.3) is 0 Å². The highest BCUT2D eigenvalue weighted by molar-refractivity contribution is 5.86. The lowest BCUT2D eigenvalue weighted by Crippen LogP contribution is -2.40. The second kappa shape index (κ2) is 10.4. The Labute approximate surface area is 202 Å². The van der Waals surface area contributed by atoms with Gasteiger partial charge in [-0.05, 0) is 42.2 Å². The second-order valence-corrected chi connectivity index (χ2v) is 9.14. The number of nitrogens with zero attached hydrogens (tertiary/aromatic N) is 2.